The first kappa shape index (κ1) is 14.4. The molecule has 4 aromatic rings. The third-order valence-electron chi connectivity index (χ3n) is 4.01. The molecular weight excluding hydrogens is 302 g/mol. The molecule has 0 radical (unpaired) electrons. The van der Waals surface area contributed by atoms with Gasteiger partial charge in [0.15, 0.2) is 11.5 Å². The van der Waals surface area contributed by atoms with E-state index in [1.807, 2.05) is 61.5 Å². The maximum atomic E-state index is 5.20. The van der Waals surface area contributed by atoms with Crippen LogP contribution >= 0.6 is 0 Å². The Hall–Kier alpha value is -3.15. The number of aromatic nitrogens is 4. The number of benzene rings is 2. The van der Waals surface area contributed by atoms with Crippen LogP contribution in [0.2, 0.25) is 0 Å². The Labute approximate surface area is 139 Å². The Bertz CT molecular complexity index is 1020. The first-order valence-corrected chi connectivity index (χ1v) is 7.63. The Morgan fingerprint density at radius 3 is 2.54 bits per heavy atom. The lowest BCUT2D eigenvalue weighted by Gasteiger charge is -2.14. The predicted molar refractivity (Wildman–Crippen MR) is 94.6 cm³/mol. The van der Waals surface area contributed by atoms with Crippen molar-refractivity contribution in [2.45, 2.75) is 0 Å². The van der Waals surface area contributed by atoms with E-state index in [4.69, 9.17) is 9.72 Å². The molecule has 6 heteroatoms. The quantitative estimate of drug-likeness (QED) is 0.581. The molecule has 0 aliphatic heterocycles. The van der Waals surface area contributed by atoms with Crippen LogP contribution in [-0.2, 0) is 0 Å². The zero-order chi connectivity index (χ0) is 16.7. The zero-order valence-electron chi connectivity index (χ0n) is 13.8. The summed E-state index contributed by atoms with van der Waals surface area (Å²) in [7, 11) is 5.67. The van der Waals surface area contributed by atoms with E-state index in [-0.39, 0.29) is 0 Å². The van der Waals surface area contributed by atoms with E-state index in [0.29, 0.717) is 5.82 Å². The number of anilines is 1. The first-order chi connectivity index (χ1) is 11.7. The summed E-state index contributed by atoms with van der Waals surface area (Å²) in [6.07, 6.45) is 1.71. The summed E-state index contributed by atoms with van der Waals surface area (Å²) in [4.78, 5) is 11.3. The molecule has 6 nitrogen and oxygen atoms in total. The van der Waals surface area contributed by atoms with Crippen LogP contribution in [0.1, 0.15) is 0 Å². The van der Waals surface area contributed by atoms with Gasteiger partial charge in [0.05, 0.1) is 18.3 Å². The number of ether oxygens (including phenoxy) is 1. The van der Waals surface area contributed by atoms with Gasteiger partial charge in [-0.25, -0.2) is 14.5 Å². The van der Waals surface area contributed by atoms with Crippen molar-refractivity contribution in [1.82, 2.24) is 19.6 Å². The van der Waals surface area contributed by atoms with Crippen molar-refractivity contribution in [2.75, 3.05) is 26.1 Å². The van der Waals surface area contributed by atoms with Crippen LogP contribution in [0.5, 0.6) is 5.75 Å². The molecule has 0 fully saturated rings. The van der Waals surface area contributed by atoms with Crippen molar-refractivity contribution >= 4 is 22.2 Å². The van der Waals surface area contributed by atoms with Crippen LogP contribution in [-0.4, -0.2) is 40.8 Å². The minimum atomic E-state index is 0.669. The number of fused-ring (bicyclic) bond motifs is 3. The molecule has 2 aromatic carbocycles. The lowest BCUT2D eigenvalue weighted by Crippen LogP contribution is -2.09. The molecule has 24 heavy (non-hydrogen) atoms. The number of hydrogen-bond acceptors (Lipinski definition) is 5. The van der Waals surface area contributed by atoms with Crippen molar-refractivity contribution in [2.24, 2.45) is 0 Å². The number of methoxy groups -OCH3 is 1. The van der Waals surface area contributed by atoms with Gasteiger partial charge in [0.2, 0.25) is 0 Å². The summed E-state index contributed by atoms with van der Waals surface area (Å²) >= 11 is 0. The van der Waals surface area contributed by atoms with E-state index < -0.39 is 0 Å². The van der Waals surface area contributed by atoms with Gasteiger partial charge < -0.3 is 9.64 Å². The van der Waals surface area contributed by atoms with Gasteiger partial charge in [-0.1, -0.05) is 6.07 Å². The highest BCUT2D eigenvalue weighted by Crippen LogP contribution is 2.27. The monoisotopic (exact) mass is 319 g/mol. The Kier molecular flexibility index (Phi) is 3.30. The highest BCUT2D eigenvalue weighted by Gasteiger charge is 2.12. The molecule has 0 unspecified atom stereocenters. The fraction of sp³-hybridized carbons (Fsp3) is 0.167. The average molecular weight is 319 g/mol. The molecular formula is C18H17N5O. The molecule has 120 valence electrons. The second-order valence-corrected chi connectivity index (χ2v) is 5.74. The van der Waals surface area contributed by atoms with Gasteiger partial charge in [-0.3, -0.25) is 0 Å². The molecule has 0 saturated carbocycles. The summed E-state index contributed by atoms with van der Waals surface area (Å²) in [5.74, 6) is 1.48. The van der Waals surface area contributed by atoms with Gasteiger partial charge in [0.1, 0.15) is 12.1 Å². The van der Waals surface area contributed by atoms with E-state index in [0.717, 1.165) is 33.6 Å². The summed E-state index contributed by atoms with van der Waals surface area (Å²) in [6.45, 7) is 0. The summed E-state index contributed by atoms with van der Waals surface area (Å²) < 4.78 is 6.92. The lowest BCUT2D eigenvalue weighted by atomic mass is 10.2. The summed E-state index contributed by atoms with van der Waals surface area (Å²) in [6, 6.07) is 13.8. The van der Waals surface area contributed by atoms with Gasteiger partial charge in [-0.15, -0.1) is 5.10 Å². The topological polar surface area (TPSA) is 55.5 Å². The molecule has 0 spiro atoms. The van der Waals surface area contributed by atoms with E-state index in [1.165, 1.54) is 0 Å². The molecule has 0 aliphatic rings. The summed E-state index contributed by atoms with van der Waals surface area (Å²) in [5, 5.41) is 5.53. The molecule has 0 bridgehead atoms. The summed E-state index contributed by atoms with van der Waals surface area (Å²) in [5.41, 5.74) is 3.72. The van der Waals surface area contributed by atoms with Crippen molar-refractivity contribution in [1.29, 1.82) is 0 Å². The molecule has 0 aliphatic carbocycles. The van der Waals surface area contributed by atoms with Crippen LogP contribution in [0.25, 0.3) is 27.9 Å². The fourth-order valence-electron chi connectivity index (χ4n) is 2.77. The minimum Gasteiger partial charge on any atom is -0.497 e. The van der Waals surface area contributed by atoms with Gasteiger partial charge in [0, 0.05) is 25.0 Å². The molecule has 2 heterocycles. The van der Waals surface area contributed by atoms with Crippen LogP contribution in [0.4, 0.5) is 5.69 Å². The highest BCUT2D eigenvalue weighted by atomic mass is 16.5. The molecule has 2 aromatic heterocycles. The molecule has 0 amide bonds. The SMILES string of the molecule is COc1ccc(-c2nc3c4cccc(N(C)C)c4ncn3n2)cc1. The number of nitrogens with zero attached hydrogens (tertiary/aromatic N) is 5. The number of rotatable bonds is 3. The maximum Gasteiger partial charge on any atom is 0.182 e. The largest absolute Gasteiger partial charge is 0.497 e. The van der Waals surface area contributed by atoms with Crippen LogP contribution in [0, 0.1) is 0 Å². The third-order valence-corrected chi connectivity index (χ3v) is 4.01. The Morgan fingerprint density at radius 1 is 1.04 bits per heavy atom. The highest BCUT2D eigenvalue weighted by molar-refractivity contribution is 5.98. The number of para-hydroxylation sites is 1. The zero-order valence-corrected chi connectivity index (χ0v) is 13.8. The molecule has 0 saturated heterocycles. The molecule has 4 rings (SSSR count). The Morgan fingerprint density at radius 2 is 1.83 bits per heavy atom. The lowest BCUT2D eigenvalue weighted by molar-refractivity contribution is 0.415. The van der Waals surface area contributed by atoms with Crippen LogP contribution in [0.15, 0.2) is 48.8 Å². The fourth-order valence-corrected chi connectivity index (χ4v) is 2.77. The van der Waals surface area contributed by atoms with Crippen molar-refractivity contribution < 1.29 is 4.74 Å². The van der Waals surface area contributed by atoms with Gasteiger partial charge >= 0.3 is 0 Å². The number of hydrogen-bond donors (Lipinski definition) is 0. The predicted octanol–water partition coefficient (Wildman–Crippen LogP) is 3.02. The van der Waals surface area contributed by atoms with Crippen molar-refractivity contribution in [3.8, 4) is 17.1 Å². The van der Waals surface area contributed by atoms with E-state index >= 15 is 0 Å². The van der Waals surface area contributed by atoms with E-state index in [1.54, 1.807) is 18.0 Å². The van der Waals surface area contributed by atoms with E-state index in [2.05, 4.69) is 10.1 Å². The second kappa shape index (κ2) is 5.49. The second-order valence-electron chi connectivity index (χ2n) is 5.74. The van der Waals surface area contributed by atoms with Gasteiger partial charge in [-0.2, -0.15) is 0 Å². The smallest absolute Gasteiger partial charge is 0.182 e. The standard InChI is InChI=1S/C18H17N5O/c1-22(2)15-6-4-5-14-16(15)19-11-23-18(14)20-17(21-23)12-7-9-13(24-3)10-8-12/h4-11H,1-3H3. The van der Waals surface area contributed by atoms with E-state index in [9.17, 15) is 0 Å². The average Bonchev–Trinajstić information content (AvgIpc) is 3.05. The Balaban J connectivity index is 1.91. The minimum absolute atomic E-state index is 0.669. The van der Waals surface area contributed by atoms with Gasteiger partial charge in [-0.05, 0) is 36.4 Å². The van der Waals surface area contributed by atoms with Crippen molar-refractivity contribution in [3.05, 3.63) is 48.8 Å². The van der Waals surface area contributed by atoms with Crippen LogP contribution in [0.3, 0.4) is 0 Å². The molecule has 0 atom stereocenters. The van der Waals surface area contributed by atoms with Crippen LogP contribution < -0.4 is 9.64 Å². The first-order valence-electron chi connectivity index (χ1n) is 7.63. The van der Waals surface area contributed by atoms with Gasteiger partial charge in [0.25, 0.3) is 0 Å². The maximum absolute atomic E-state index is 5.20. The normalized spacial score (nSPS) is 11.1. The van der Waals surface area contributed by atoms with Crippen molar-refractivity contribution in [3.63, 3.8) is 0 Å². The molecule has 0 N–H and O–H groups in total. The third kappa shape index (κ3) is 2.23.